The predicted molar refractivity (Wildman–Crippen MR) is 77.4 cm³/mol. The van der Waals surface area contributed by atoms with Crippen LogP contribution in [0.2, 0.25) is 0 Å². The standard InChI is InChI=1S/C13H16Cl2N2O3/c1-12(8-13(12,14)15)11(18)17-9-3-4-10(16-7-9)20-6-5-19-2/h3-4,7H,5-6,8H2,1-2H3,(H,17,18)/t12-/m0/s1. The molecule has 0 aliphatic heterocycles. The molecule has 0 aromatic carbocycles. The second-order valence-corrected chi connectivity index (χ2v) is 6.38. The number of halogens is 2. The van der Waals surface area contributed by atoms with Crippen LogP contribution >= 0.6 is 23.2 Å². The first-order valence-corrected chi connectivity index (χ1v) is 6.92. The minimum Gasteiger partial charge on any atom is -0.475 e. The van der Waals surface area contributed by atoms with Gasteiger partial charge in [-0.2, -0.15) is 0 Å². The minimum absolute atomic E-state index is 0.211. The lowest BCUT2D eigenvalue weighted by molar-refractivity contribution is -0.120. The van der Waals surface area contributed by atoms with Gasteiger partial charge >= 0.3 is 0 Å². The molecular weight excluding hydrogens is 303 g/mol. The van der Waals surface area contributed by atoms with Crippen molar-refractivity contribution in [2.45, 2.75) is 17.7 Å². The highest BCUT2D eigenvalue weighted by Gasteiger charge is 2.67. The molecule has 0 bridgehead atoms. The largest absolute Gasteiger partial charge is 0.475 e. The van der Waals surface area contributed by atoms with Crippen molar-refractivity contribution in [2.24, 2.45) is 5.41 Å². The maximum Gasteiger partial charge on any atom is 0.233 e. The Kier molecular flexibility index (Phi) is 4.42. The van der Waals surface area contributed by atoms with Gasteiger partial charge in [0.15, 0.2) is 0 Å². The third-order valence-corrected chi connectivity index (χ3v) is 4.39. The van der Waals surface area contributed by atoms with Crippen molar-refractivity contribution < 1.29 is 14.3 Å². The summed E-state index contributed by atoms with van der Waals surface area (Å²) in [7, 11) is 1.60. The van der Waals surface area contributed by atoms with Crippen molar-refractivity contribution in [3.63, 3.8) is 0 Å². The smallest absolute Gasteiger partial charge is 0.233 e. The molecule has 0 unspecified atom stereocenters. The zero-order valence-electron chi connectivity index (χ0n) is 11.3. The van der Waals surface area contributed by atoms with Crippen molar-refractivity contribution in [3.8, 4) is 5.88 Å². The van der Waals surface area contributed by atoms with Crippen LogP contribution < -0.4 is 10.1 Å². The van der Waals surface area contributed by atoms with E-state index in [2.05, 4.69) is 10.3 Å². The van der Waals surface area contributed by atoms with Gasteiger partial charge in [-0.3, -0.25) is 4.79 Å². The van der Waals surface area contributed by atoms with Gasteiger partial charge in [0.2, 0.25) is 11.8 Å². The summed E-state index contributed by atoms with van der Waals surface area (Å²) >= 11 is 11.9. The molecule has 0 spiro atoms. The molecule has 1 aliphatic carbocycles. The third kappa shape index (κ3) is 3.16. The molecule has 0 radical (unpaired) electrons. The first-order valence-electron chi connectivity index (χ1n) is 6.16. The summed E-state index contributed by atoms with van der Waals surface area (Å²) in [6.45, 7) is 2.65. The first-order chi connectivity index (χ1) is 9.39. The number of hydrogen-bond acceptors (Lipinski definition) is 4. The normalized spacial score (nSPS) is 23.2. The fraction of sp³-hybridized carbons (Fsp3) is 0.538. The molecule has 7 heteroatoms. The minimum atomic E-state index is -0.978. The van der Waals surface area contributed by atoms with Gasteiger partial charge in [-0.25, -0.2) is 4.98 Å². The second-order valence-electron chi connectivity index (χ2n) is 4.89. The van der Waals surface area contributed by atoms with Crippen LogP contribution in [0.15, 0.2) is 18.3 Å². The average molecular weight is 319 g/mol. The van der Waals surface area contributed by atoms with Crippen molar-refractivity contribution in [2.75, 3.05) is 25.6 Å². The third-order valence-electron chi connectivity index (χ3n) is 3.29. The fourth-order valence-corrected chi connectivity index (χ4v) is 2.39. The van der Waals surface area contributed by atoms with E-state index in [9.17, 15) is 4.79 Å². The number of rotatable bonds is 6. The molecule has 5 nitrogen and oxygen atoms in total. The molecule has 110 valence electrons. The van der Waals surface area contributed by atoms with Gasteiger partial charge in [-0.15, -0.1) is 23.2 Å². The van der Waals surface area contributed by atoms with E-state index in [-0.39, 0.29) is 5.91 Å². The highest BCUT2D eigenvalue weighted by Crippen LogP contribution is 2.64. The Hall–Kier alpha value is -1.04. The predicted octanol–water partition coefficient (Wildman–Crippen LogP) is 2.63. The van der Waals surface area contributed by atoms with E-state index >= 15 is 0 Å². The van der Waals surface area contributed by atoms with Crippen LogP contribution in [0.3, 0.4) is 0 Å². The molecule has 1 amide bonds. The lowest BCUT2D eigenvalue weighted by Crippen LogP contribution is -2.25. The van der Waals surface area contributed by atoms with Crippen LogP contribution in [0.5, 0.6) is 5.88 Å². The van der Waals surface area contributed by atoms with E-state index in [1.807, 2.05) is 0 Å². The second kappa shape index (κ2) is 5.76. The summed E-state index contributed by atoms with van der Waals surface area (Å²) < 4.78 is 9.22. The van der Waals surface area contributed by atoms with Crippen molar-refractivity contribution in [1.29, 1.82) is 0 Å². The molecule has 1 atom stereocenters. The summed E-state index contributed by atoms with van der Waals surface area (Å²) in [5, 5.41) is 2.74. The highest BCUT2D eigenvalue weighted by molar-refractivity contribution is 6.53. The molecule has 1 saturated carbocycles. The number of alkyl halides is 2. The van der Waals surface area contributed by atoms with Crippen LogP contribution in [0.4, 0.5) is 5.69 Å². The number of amides is 1. The van der Waals surface area contributed by atoms with Gasteiger partial charge in [0.1, 0.15) is 10.9 Å². The number of nitrogens with one attached hydrogen (secondary N) is 1. The van der Waals surface area contributed by atoms with Gasteiger partial charge in [0.25, 0.3) is 0 Å². The Labute approximate surface area is 127 Å². The Bertz CT molecular complexity index is 493. The quantitative estimate of drug-likeness (QED) is 0.647. The van der Waals surface area contributed by atoms with Crippen LogP contribution in [-0.4, -0.2) is 35.5 Å². The van der Waals surface area contributed by atoms with E-state index in [4.69, 9.17) is 32.7 Å². The molecule has 1 heterocycles. The van der Waals surface area contributed by atoms with E-state index in [0.717, 1.165) is 0 Å². The molecule has 0 saturated heterocycles. The molecule has 1 aromatic rings. The van der Waals surface area contributed by atoms with Crippen LogP contribution in [-0.2, 0) is 9.53 Å². The van der Waals surface area contributed by atoms with Gasteiger partial charge in [0, 0.05) is 13.2 Å². The van der Waals surface area contributed by atoms with Crippen molar-refractivity contribution >= 4 is 34.8 Å². The summed E-state index contributed by atoms with van der Waals surface area (Å²) in [4.78, 5) is 16.1. The zero-order valence-corrected chi connectivity index (χ0v) is 12.8. The number of nitrogens with zero attached hydrogens (tertiary/aromatic N) is 1. The average Bonchev–Trinajstić information content (AvgIpc) is 2.92. The van der Waals surface area contributed by atoms with Gasteiger partial charge in [-0.05, 0) is 19.4 Å². The number of hydrogen-bond donors (Lipinski definition) is 1. The van der Waals surface area contributed by atoms with Gasteiger partial charge < -0.3 is 14.8 Å². The topological polar surface area (TPSA) is 60.5 Å². The zero-order chi connectivity index (χ0) is 14.8. The van der Waals surface area contributed by atoms with Gasteiger partial charge in [-0.1, -0.05) is 0 Å². The number of anilines is 1. The number of carbonyl (C=O) groups excluding carboxylic acids is 1. The fourth-order valence-electron chi connectivity index (χ4n) is 1.68. The van der Waals surface area contributed by atoms with E-state index in [1.165, 1.54) is 6.20 Å². The van der Waals surface area contributed by atoms with E-state index in [0.29, 0.717) is 31.2 Å². The number of methoxy groups -OCH3 is 1. The molecular formula is C13H16Cl2N2O3. The Balaban J connectivity index is 1.90. The van der Waals surface area contributed by atoms with Crippen molar-refractivity contribution in [3.05, 3.63) is 18.3 Å². The van der Waals surface area contributed by atoms with E-state index in [1.54, 1.807) is 26.2 Å². The maximum atomic E-state index is 12.1. The Morgan fingerprint density at radius 3 is 2.65 bits per heavy atom. The van der Waals surface area contributed by atoms with E-state index < -0.39 is 9.75 Å². The molecule has 1 aliphatic rings. The summed E-state index contributed by atoms with van der Waals surface area (Å²) in [6.07, 6.45) is 1.97. The maximum absolute atomic E-state index is 12.1. The monoisotopic (exact) mass is 318 g/mol. The Morgan fingerprint density at radius 2 is 2.15 bits per heavy atom. The summed E-state index contributed by atoms with van der Waals surface area (Å²) in [5.74, 6) is 0.263. The number of ether oxygens (including phenoxy) is 2. The molecule has 2 rings (SSSR count). The van der Waals surface area contributed by atoms with Crippen LogP contribution in [0.1, 0.15) is 13.3 Å². The summed E-state index contributed by atoms with van der Waals surface area (Å²) in [5.41, 5.74) is -0.171. The molecule has 1 N–H and O–H groups in total. The number of aromatic nitrogens is 1. The SMILES string of the molecule is COCCOc1ccc(NC(=O)[C@]2(C)CC2(Cl)Cl)cn1. The van der Waals surface area contributed by atoms with Gasteiger partial charge in [0.05, 0.1) is 23.9 Å². The highest BCUT2D eigenvalue weighted by atomic mass is 35.5. The number of pyridine rings is 1. The number of carbonyl (C=O) groups is 1. The summed E-state index contributed by atoms with van der Waals surface area (Å²) in [6, 6.07) is 3.39. The first kappa shape index (κ1) is 15.4. The lowest BCUT2D eigenvalue weighted by Gasteiger charge is -2.12. The van der Waals surface area contributed by atoms with Crippen molar-refractivity contribution in [1.82, 2.24) is 4.98 Å². The molecule has 1 aromatic heterocycles. The molecule has 20 heavy (non-hydrogen) atoms. The lowest BCUT2D eigenvalue weighted by atomic mass is 10.1. The molecule has 1 fully saturated rings. The van der Waals surface area contributed by atoms with Crippen LogP contribution in [0.25, 0.3) is 0 Å². The Morgan fingerprint density at radius 1 is 1.45 bits per heavy atom. The van der Waals surface area contributed by atoms with Crippen LogP contribution in [0, 0.1) is 5.41 Å².